The minimum absolute atomic E-state index is 0.142. The summed E-state index contributed by atoms with van der Waals surface area (Å²) in [5.74, 6) is -0.142. The van der Waals surface area contributed by atoms with Crippen LogP contribution in [-0.4, -0.2) is 38.2 Å². The van der Waals surface area contributed by atoms with Crippen molar-refractivity contribution in [3.63, 3.8) is 0 Å². The molecule has 0 aliphatic heterocycles. The highest BCUT2D eigenvalue weighted by atomic mass is 19.4. The molecule has 0 aliphatic rings. The maximum Gasteiger partial charge on any atom is 0.419 e. The van der Waals surface area contributed by atoms with Crippen LogP contribution in [0.3, 0.4) is 0 Å². The first-order valence-corrected chi connectivity index (χ1v) is 6.58. The van der Waals surface area contributed by atoms with Crippen molar-refractivity contribution in [3.8, 4) is 5.75 Å². The first-order chi connectivity index (χ1) is 9.42. The predicted octanol–water partition coefficient (Wildman–Crippen LogP) is 4.06. The lowest BCUT2D eigenvalue weighted by atomic mass is 10.1. The van der Waals surface area contributed by atoms with Crippen molar-refractivity contribution in [3.05, 3.63) is 29.1 Å². The van der Waals surface area contributed by atoms with E-state index >= 15 is 0 Å². The van der Waals surface area contributed by atoms with Crippen molar-refractivity contribution in [2.45, 2.75) is 20.0 Å². The molecule has 0 heterocycles. The van der Waals surface area contributed by atoms with Gasteiger partial charge < -0.3 is 15.0 Å². The summed E-state index contributed by atoms with van der Waals surface area (Å²) in [5.41, 5.74) is -0.492. The summed E-state index contributed by atoms with van der Waals surface area (Å²) < 4.78 is 44.1. The number of hydrogen-bond donors (Lipinski definition) is 0. The highest BCUT2D eigenvalue weighted by Gasteiger charge is 2.34. The van der Waals surface area contributed by atoms with Gasteiger partial charge in [-0.1, -0.05) is 26.0 Å². The van der Waals surface area contributed by atoms with E-state index in [4.69, 9.17) is 4.74 Å². The number of benzene rings is 1. The predicted molar refractivity (Wildman–Crippen MR) is 73.7 cm³/mol. The molecule has 0 aliphatic carbocycles. The monoisotopic (exact) mass is 289 g/mol. The largest absolute Gasteiger partial charge is 0.687 e. The molecule has 0 bridgehead atoms. The first-order valence-electron chi connectivity index (χ1n) is 6.58. The molecule has 0 aromatic heterocycles. The molecule has 0 unspecified atom stereocenters. The molecule has 0 spiro atoms. The molecule has 0 atom stereocenters. The van der Waals surface area contributed by atoms with Crippen LogP contribution in [0.4, 0.5) is 18.9 Å². The maximum absolute atomic E-state index is 13.0. The van der Waals surface area contributed by atoms with Crippen molar-refractivity contribution in [1.29, 1.82) is 0 Å². The molecule has 20 heavy (non-hydrogen) atoms. The van der Waals surface area contributed by atoms with E-state index in [9.17, 15) is 13.2 Å². The second-order valence-electron chi connectivity index (χ2n) is 4.28. The highest BCUT2D eigenvalue weighted by Crippen LogP contribution is 2.38. The lowest BCUT2D eigenvalue weighted by molar-refractivity contribution is -0.138. The van der Waals surface area contributed by atoms with E-state index in [1.807, 2.05) is 13.8 Å². The zero-order valence-electron chi connectivity index (χ0n) is 12.0. The molecule has 0 fully saturated rings. The average molecular weight is 289 g/mol. The SMILES string of the molecule is CCN(CC)CCOc1ccc([N-]C)cc1C(F)(F)F. The number of rotatable bonds is 7. The summed E-state index contributed by atoms with van der Waals surface area (Å²) >= 11 is 0. The van der Waals surface area contributed by atoms with Gasteiger partial charge in [0.25, 0.3) is 0 Å². The van der Waals surface area contributed by atoms with Gasteiger partial charge in [-0.3, -0.25) is 0 Å². The molecular weight excluding hydrogens is 269 g/mol. The van der Waals surface area contributed by atoms with Crippen LogP contribution in [-0.2, 0) is 6.18 Å². The standard InChI is InChI=1S/C14H20F3N2O/c1-4-19(5-2)8-9-20-13-7-6-11(18-3)10-12(13)14(15,16)17/h6-7,10H,4-5,8-9H2,1-3H3/q-1. The summed E-state index contributed by atoms with van der Waals surface area (Å²) in [7, 11) is 1.45. The van der Waals surface area contributed by atoms with Gasteiger partial charge in [0.2, 0.25) is 0 Å². The molecule has 1 aromatic carbocycles. The molecule has 0 saturated heterocycles. The van der Waals surface area contributed by atoms with Crippen LogP contribution in [0, 0.1) is 0 Å². The second-order valence-corrected chi connectivity index (χ2v) is 4.28. The smallest absolute Gasteiger partial charge is 0.419 e. The van der Waals surface area contributed by atoms with Crippen LogP contribution in [0.5, 0.6) is 5.75 Å². The topological polar surface area (TPSA) is 26.6 Å². The van der Waals surface area contributed by atoms with Gasteiger partial charge in [-0.2, -0.15) is 13.2 Å². The van der Waals surface area contributed by atoms with Gasteiger partial charge in [-0.05, 0) is 19.2 Å². The molecular formula is C14H20F3N2O-. The Labute approximate surface area is 117 Å². The van der Waals surface area contributed by atoms with Crippen molar-refractivity contribution >= 4 is 5.69 Å². The molecule has 114 valence electrons. The Hall–Kier alpha value is -1.43. The van der Waals surface area contributed by atoms with Gasteiger partial charge in [0, 0.05) is 6.54 Å². The van der Waals surface area contributed by atoms with E-state index in [0.29, 0.717) is 6.54 Å². The second kappa shape index (κ2) is 7.38. The quantitative estimate of drug-likeness (QED) is 0.756. The van der Waals surface area contributed by atoms with E-state index in [1.165, 1.54) is 19.2 Å². The summed E-state index contributed by atoms with van der Waals surface area (Å²) in [5, 5.41) is 3.76. The zero-order valence-corrected chi connectivity index (χ0v) is 12.0. The lowest BCUT2D eigenvalue weighted by Gasteiger charge is -2.21. The summed E-state index contributed by atoms with van der Waals surface area (Å²) in [6.07, 6.45) is -4.44. The maximum atomic E-state index is 13.0. The van der Waals surface area contributed by atoms with E-state index in [2.05, 4.69) is 10.2 Å². The van der Waals surface area contributed by atoms with Gasteiger partial charge in [0.1, 0.15) is 12.4 Å². The molecule has 0 amide bonds. The number of alkyl halides is 3. The number of likely N-dealkylation sites (N-methyl/N-ethyl adjacent to an activating group) is 1. The molecule has 0 saturated carbocycles. The summed E-state index contributed by atoms with van der Waals surface area (Å²) in [6, 6.07) is 3.85. The van der Waals surface area contributed by atoms with Crippen LogP contribution in [0.25, 0.3) is 5.32 Å². The Bertz CT molecular complexity index is 417. The Morgan fingerprint density at radius 3 is 2.35 bits per heavy atom. The van der Waals surface area contributed by atoms with E-state index in [-0.39, 0.29) is 18.0 Å². The molecule has 1 rings (SSSR count). The Morgan fingerprint density at radius 1 is 1.20 bits per heavy atom. The zero-order chi connectivity index (χ0) is 15.2. The van der Waals surface area contributed by atoms with Crippen LogP contribution < -0.4 is 4.74 Å². The van der Waals surface area contributed by atoms with Crippen molar-refractivity contribution in [1.82, 2.24) is 4.90 Å². The summed E-state index contributed by atoms with van der Waals surface area (Å²) in [4.78, 5) is 2.09. The fraction of sp³-hybridized carbons (Fsp3) is 0.571. The molecule has 6 heteroatoms. The van der Waals surface area contributed by atoms with Crippen LogP contribution in [0.2, 0.25) is 0 Å². The average Bonchev–Trinajstić information content (AvgIpc) is 2.42. The first kappa shape index (κ1) is 16.6. The van der Waals surface area contributed by atoms with Gasteiger partial charge in [0.15, 0.2) is 0 Å². The van der Waals surface area contributed by atoms with Crippen LogP contribution in [0.15, 0.2) is 18.2 Å². The van der Waals surface area contributed by atoms with Crippen molar-refractivity contribution in [2.24, 2.45) is 0 Å². The van der Waals surface area contributed by atoms with E-state index in [0.717, 1.165) is 19.2 Å². The van der Waals surface area contributed by atoms with Gasteiger partial charge >= 0.3 is 6.18 Å². The number of hydrogen-bond acceptors (Lipinski definition) is 2. The Kier molecular flexibility index (Phi) is 6.13. The molecule has 1 aromatic rings. The molecule has 0 radical (unpaired) electrons. The molecule has 3 nitrogen and oxygen atoms in total. The van der Waals surface area contributed by atoms with E-state index in [1.54, 1.807) is 0 Å². The number of nitrogens with zero attached hydrogens (tertiary/aromatic N) is 2. The van der Waals surface area contributed by atoms with Crippen LogP contribution in [0.1, 0.15) is 19.4 Å². The van der Waals surface area contributed by atoms with Gasteiger partial charge in [-0.25, -0.2) is 0 Å². The van der Waals surface area contributed by atoms with Crippen LogP contribution >= 0.6 is 0 Å². The van der Waals surface area contributed by atoms with E-state index < -0.39 is 11.7 Å². The Morgan fingerprint density at radius 2 is 1.85 bits per heavy atom. The lowest BCUT2D eigenvalue weighted by Crippen LogP contribution is -2.28. The highest BCUT2D eigenvalue weighted by molar-refractivity contribution is 5.54. The summed E-state index contributed by atoms with van der Waals surface area (Å²) in [6.45, 7) is 6.53. The third-order valence-electron chi connectivity index (χ3n) is 3.09. The fourth-order valence-corrected chi connectivity index (χ4v) is 1.83. The van der Waals surface area contributed by atoms with Gasteiger partial charge in [-0.15, -0.1) is 12.7 Å². The third-order valence-corrected chi connectivity index (χ3v) is 3.09. The Balaban J connectivity index is 2.79. The minimum atomic E-state index is -4.44. The number of ether oxygens (including phenoxy) is 1. The van der Waals surface area contributed by atoms with Crippen molar-refractivity contribution < 1.29 is 17.9 Å². The number of halogens is 3. The van der Waals surface area contributed by atoms with Crippen molar-refractivity contribution in [2.75, 3.05) is 33.3 Å². The normalized spacial score (nSPS) is 11.8. The third kappa shape index (κ3) is 4.59. The molecule has 0 N–H and O–H groups in total. The minimum Gasteiger partial charge on any atom is -0.687 e. The van der Waals surface area contributed by atoms with Gasteiger partial charge in [0.05, 0.1) is 5.56 Å². The fourth-order valence-electron chi connectivity index (χ4n) is 1.83.